The highest BCUT2D eigenvalue weighted by Gasteiger charge is 2.33. The zero-order valence-corrected chi connectivity index (χ0v) is 17.9. The highest BCUT2D eigenvalue weighted by molar-refractivity contribution is 5.77. The predicted octanol–water partition coefficient (Wildman–Crippen LogP) is 2.90. The summed E-state index contributed by atoms with van der Waals surface area (Å²) < 4.78 is 5.43. The van der Waals surface area contributed by atoms with Crippen molar-refractivity contribution in [1.29, 1.82) is 0 Å². The summed E-state index contributed by atoms with van der Waals surface area (Å²) in [6, 6.07) is 10.9. The van der Waals surface area contributed by atoms with Gasteiger partial charge in [0, 0.05) is 62.1 Å². The van der Waals surface area contributed by atoms with E-state index in [9.17, 15) is 4.79 Å². The number of nitrogens with zero attached hydrogens (tertiary/aromatic N) is 4. The molecule has 0 aliphatic carbocycles. The molecule has 2 saturated heterocycles. The Morgan fingerprint density at radius 3 is 2.40 bits per heavy atom. The van der Waals surface area contributed by atoms with E-state index in [-0.39, 0.29) is 5.91 Å². The van der Waals surface area contributed by atoms with Crippen LogP contribution in [0.1, 0.15) is 28.9 Å². The van der Waals surface area contributed by atoms with E-state index in [1.165, 1.54) is 22.5 Å². The van der Waals surface area contributed by atoms with Crippen LogP contribution in [0.3, 0.4) is 0 Å². The van der Waals surface area contributed by atoms with Gasteiger partial charge in [0.05, 0.1) is 25.5 Å². The molecule has 0 saturated carbocycles. The Morgan fingerprint density at radius 2 is 1.70 bits per heavy atom. The normalized spacial score (nSPS) is 19.1. The number of ether oxygens (including phenoxy) is 1. The number of anilines is 2. The number of amides is 1. The van der Waals surface area contributed by atoms with Crippen molar-refractivity contribution in [3.63, 3.8) is 0 Å². The minimum atomic E-state index is 0.261. The standard InChI is InChI=1S/C24H30N4O2/c1-17-11-18(2)25-23-16-28(15-22(17)23)24(29)12-19-13-27(14-19)21-5-3-20(4-6-21)26-7-9-30-10-8-26/h3-6,11,19H,7-10,12-16H2,1-2H3. The second kappa shape index (κ2) is 7.91. The summed E-state index contributed by atoms with van der Waals surface area (Å²) in [4.78, 5) is 24.2. The van der Waals surface area contributed by atoms with Crippen LogP contribution >= 0.6 is 0 Å². The van der Waals surface area contributed by atoms with Crippen LogP contribution in [-0.2, 0) is 22.6 Å². The summed E-state index contributed by atoms with van der Waals surface area (Å²) in [6.45, 7) is 11.0. The predicted molar refractivity (Wildman–Crippen MR) is 118 cm³/mol. The maximum Gasteiger partial charge on any atom is 0.223 e. The Hall–Kier alpha value is -2.60. The number of carbonyl (C=O) groups is 1. The molecule has 1 aromatic carbocycles. The lowest BCUT2D eigenvalue weighted by molar-refractivity contribution is -0.133. The Bertz CT molecular complexity index is 931. The SMILES string of the molecule is Cc1cc(C)c2c(n1)CN(C(=O)CC1CN(c3ccc(N4CCOCC4)cc3)C1)C2. The van der Waals surface area contributed by atoms with Crippen molar-refractivity contribution in [3.8, 4) is 0 Å². The van der Waals surface area contributed by atoms with E-state index in [1.807, 2.05) is 11.8 Å². The fraction of sp³-hybridized carbons (Fsp3) is 0.500. The summed E-state index contributed by atoms with van der Waals surface area (Å²) in [5.74, 6) is 0.702. The summed E-state index contributed by atoms with van der Waals surface area (Å²) in [5, 5.41) is 0. The van der Waals surface area contributed by atoms with Crippen LogP contribution in [0.25, 0.3) is 0 Å². The van der Waals surface area contributed by atoms with Crippen molar-refractivity contribution in [2.75, 3.05) is 49.2 Å². The molecule has 0 bridgehead atoms. The number of rotatable bonds is 4. The second-order valence-corrected chi connectivity index (χ2v) is 8.85. The van der Waals surface area contributed by atoms with Gasteiger partial charge in [-0.15, -0.1) is 0 Å². The maximum atomic E-state index is 12.8. The monoisotopic (exact) mass is 406 g/mol. The average molecular weight is 407 g/mol. The molecule has 0 spiro atoms. The number of aryl methyl sites for hydroxylation is 2. The third-order valence-corrected chi connectivity index (χ3v) is 6.61. The fourth-order valence-electron chi connectivity index (χ4n) is 4.87. The number of pyridine rings is 1. The molecule has 2 aromatic rings. The quantitative estimate of drug-likeness (QED) is 0.781. The largest absolute Gasteiger partial charge is 0.378 e. The zero-order valence-electron chi connectivity index (χ0n) is 17.9. The molecule has 3 aliphatic rings. The topological polar surface area (TPSA) is 48.9 Å². The van der Waals surface area contributed by atoms with Gasteiger partial charge in [-0.25, -0.2) is 0 Å². The van der Waals surface area contributed by atoms with Crippen molar-refractivity contribution < 1.29 is 9.53 Å². The molecule has 0 N–H and O–H groups in total. The first-order valence-electron chi connectivity index (χ1n) is 11.0. The first-order valence-corrected chi connectivity index (χ1v) is 11.0. The number of morpholine rings is 1. The van der Waals surface area contributed by atoms with Gasteiger partial charge in [-0.1, -0.05) is 0 Å². The molecule has 2 fully saturated rings. The smallest absolute Gasteiger partial charge is 0.223 e. The van der Waals surface area contributed by atoms with Gasteiger partial charge in [-0.05, 0) is 55.3 Å². The van der Waals surface area contributed by atoms with Gasteiger partial charge >= 0.3 is 0 Å². The molecule has 1 amide bonds. The molecule has 158 valence electrons. The molecule has 6 heteroatoms. The van der Waals surface area contributed by atoms with Crippen LogP contribution in [0.4, 0.5) is 11.4 Å². The lowest BCUT2D eigenvalue weighted by atomic mass is 9.94. The molecular weight excluding hydrogens is 376 g/mol. The number of carbonyl (C=O) groups excluding carboxylic acids is 1. The molecule has 5 rings (SSSR count). The fourth-order valence-corrected chi connectivity index (χ4v) is 4.87. The van der Waals surface area contributed by atoms with E-state index in [1.54, 1.807) is 0 Å². The van der Waals surface area contributed by atoms with Crippen molar-refractivity contribution >= 4 is 17.3 Å². The number of aromatic nitrogens is 1. The molecular formula is C24H30N4O2. The van der Waals surface area contributed by atoms with E-state index in [2.05, 4.69) is 52.0 Å². The van der Waals surface area contributed by atoms with E-state index < -0.39 is 0 Å². The van der Waals surface area contributed by atoms with Crippen LogP contribution < -0.4 is 9.80 Å². The Balaban J connectivity index is 1.12. The number of hydrogen-bond acceptors (Lipinski definition) is 5. The lowest BCUT2D eigenvalue weighted by Crippen LogP contribution is -2.48. The summed E-state index contributed by atoms with van der Waals surface area (Å²) in [7, 11) is 0. The number of benzene rings is 1. The minimum absolute atomic E-state index is 0.261. The number of hydrogen-bond donors (Lipinski definition) is 0. The van der Waals surface area contributed by atoms with Gasteiger partial charge in [0.2, 0.25) is 5.91 Å². The van der Waals surface area contributed by atoms with Crippen LogP contribution in [0, 0.1) is 19.8 Å². The van der Waals surface area contributed by atoms with Crippen LogP contribution in [0.15, 0.2) is 30.3 Å². The minimum Gasteiger partial charge on any atom is -0.378 e. The Morgan fingerprint density at radius 1 is 1.03 bits per heavy atom. The van der Waals surface area contributed by atoms with Crippen molar-refractivity contribution in [1.82, 2.24) is 9.88 Å². The molecule has 0 atom stereocenters. The molecule has 0 radical (unpaired) electrons. The lowest BCUT2D eigenvalue weighted by Gasteiger charge is -2.41. The first-order chi connectivity index (χ1) is 14.6. The van der Waals surface area contributed by atoms with E-state index >= 15 is 0 Å². The van der Waals surface area contributed by atoms with Gasteiger partial charge in [0.15, 0.2) is 0 Å². The van der Waals surface area contributed by atoms with Gasteiger partial charge in [0.25, 0.3) is 0 Å². The van der Waals surface area contributed by atoms with Gasteiger partial charge in [-0.3, -0.25) is 9.78 Å². The molecule has 6 nitrogen and oxygen atoms in total. The molecule has 0 unspecified atom stereocenters. The molecule has 3 aliphatic heterocycles. The van der Waals surface area contributed by atoms with Crippen LogP contribution in [0.2, 0.25) is 0 Å². The van der Waals surface area contributed by atoms with Crippen molar-refractivity contribution in [2.24, 2.45) is 5.92 Å². The first kappa shape index (κ1) is 19.4. The van der Waals surface area contributed by atoms with Gasteiger partial charge in [0.1, 0.15) is 0 Å². The zero-order chi connectivity index (χ0) is 20.7. The van der Waals surface area contributed by atoms with E-state index in [0.29, 0.717) is 25.4 Å². The van der Waals surface area contributed by atoms with Gasteiger partial charge < -0.3 is 19.4 Å². The van der Waals surface area contributed by atoms with Crippen LogP contribution in [0.5, 0.6) is 0 Å². The highest BCUT2D eigenvalue weighted by Crippen LogP contribution is 2.31. The van der Waals surface area contributed by atoms with Crippen molar-refractivity contribution in [2.45, 2.75) is 33.4 Å². The second-order valence-electron chi connectivity index (χ2n) is 8.85. The average Bonchev–Trinajstić information content (AvgIpc) is 3.16. The molecule has 4 heterocycles. The Labute approximate surface area is 178 Å². The van der Waals surface area contributed by atoms with E-state index in [0.717, 1.165) is 50.8 Å². The highest BCUT2D eigenvalue weighted by atomic mass is 16.5. The molecule has 30 heavy (non-hydrogen) atoms. The third-order valence-electron chi connectivity index (χ3n) is 6.61. The summed E-state index contributed by atoms with van der Waals surface area (Å²) in [5.41, 5.74) is 7.13. The van der Waals surface area contributed by atoms with Crippen LogP contribution in [-0.4, -0.2) is 55.2 Å². The van der Waals surface area contributed by atoms with Crippen molar-refractivity contribution in [3.05, 3.63) is 52.8 Å². The Kier molecular flexibility index (Phi) is 5.11. The summed E-state index contributed by atoms with van der Waals surface area (Å²) >= 11 is 0. The van der Waals surface area contributed by atoms with E-state index in [4.69, 9.17) is 4.74 Å². The number of fused-ring (bicyclic) bond motifs is 1. The van der Waals surface area contributed by atoms with Gasteiger partial charge in [-0.2, -0.15) is 0 Å². The third kappa shape index (κ3) is 3.76. The maximum absolute atomic E-state index is 12.8. The molecule has 1 aromatic heterocycles. The summed E-state index contributed by atoms with van der Waals surface area (Å²) in [6.07, 6.45) is 0.633.